The molecule has 0 fully saturated rings. The van der Waals surface area contributed by atoms with Crippen LogP contribution in [0.25, 0.3) is 0 Å². The minimum Gasteiger partial charge on any atom is -0.503 e. The highest BCUT2D eigenvalue weighted by Crippen LogP contribution is 1.71. The predicted octanol–water partition coefficient (Wildman–Crippen LogP) is -0.343. The Balaban J connectivity index is 3.57. The highest BCUT2D eigenvalue weighted by atomic mass is 32.1. The molecule has 0 aliphatic rings. The minimum atomic E-state index is -0.148. The quantitative estimate of drug-likeness (QED) is 0.365. The first kappa shape index (κ1) is 5.36. The number of nitrogens with two attached hydrogens (primary N) is 1. The van der Waals surface area contributed by atoms with Gasteiger partial charge in [0.2, 0.25) is 0 Å². The fourth-order valence-corrected chi connectivity index (χ4v) is 0. The molecule has 3 nitrogen and oxygen atoms in total. The van der Waals surface area contributed by atoms with Crippen molar-refractivity contribution in [1.82, 2.24) is 0 Å². The van der Waals surface area contributed by atoms with Crippen LogP contribution in [0.1, 0.15) is 0 Å². The summed E-state index contributed by atoms with van der Waals surface area (Å²) >= 11 is 3.96. The van der Waals surface area contributed by atoms with Crippen molar-refractivity contribution >= 4 is 12.8 Å². The zero-order valence-corrected chi connectivity index (χ0v) is 3.86. The Morgan fingerprint density at radius 1 is 2.00 bits per heavy atom. The molecule has 0 spiro atoms. The van der Waals surface area contributed by atoms with Gasteiger partial charge in [-0.15, -0.1) is 4.17 Å². The summed E-state index contributed by atoms with van der Waals surface area (Å²) in [4.78, 5) is 9.65. The molecular weight excluding hydrogens is 100 g/mol. The van der Waals surface area contributed by atoms with Crippen LogP contribution in [0.5, 0.6) is 0 Å². The summed E-state index contributed by atoms with van der Waals surface area (Å²) in [5.74, 6) is -0.148. The van der Waals surface area contributed by atoms with Crippen molar-refractivity contribution < 1.29 is 4.17 Å². The summed E-state index contributed by atoms with van der Waals surface area (Å²) in [7, 11) is 0. The van der Waals surface area contributed by atoms with Crippen LogP contribution in [0.4, 0.5) is 0 Å². The molecule has 0 radical (unpaired) electrons. The Kier molecular flexibility index (Phi) is 1.53. The molecule has 34 valence electrons. The standard InChI is InChI=1S/C2H4N2OS/c1-2(3)4(5)6/h1,3H2. The average molecular weight is 104 g/mol. The van der Waals surface area contributed by atoms with Gasteiger partial charge in [0.1, 0.15) is 0 Å². The van der Waals surface area contributed by atoms with Gasteiger partial charge in [-0.05, 0) is 6.58 Å². The molecule has 0 heterocycles. The van der Waals surface area contributed by atoms with Crippen molar-refractivity contribution in [2.45, 2.75) is 0 Å². The third kappa shape index (κ3) is 1.66. The van der Waals surface area contributed by atoms with Gasteiger partial charge >= 0.3 is 0 Å². The average Bonchev–Trinajstić information content (AvgIpc) is 1.36. The predicted molar refractivity (Wildman–Crippen MR) is 24.3 cm³/mol. The van der Waals surface area contributed by atoms with Crippen LogP contribution in [0.15, 0.2) is 12.4 Å². The van der Waals surface area contributed by atoms with E-state index < -0.39 is 0 Å². The summed E-state index contributed by atoms with van der Waals surface area (Å²) < 4.78 is 0.0833. The number of nitrogens with zero attached hydrogens (tertiary/aromatic N) is 1. The smallest absolute Gasteiger partial charge is 0.285 e. The van der Waals surface area contributed by atoms with Crippen LogP contribution in [0.3, 0.4) is 0 Å². The molecule has 0 saturated carbocycles. The molecular formula is C2H4N2OS. The van der Waals surface area contributed by atoms with Gasteiger partial charge in [0.15, 0.2) is 0 Å². The maximum Gasteiger partial charge on any atom is 0.285 e. The van der Waals surface area contributed by atoms with Crippen LogP contribution in [-0.2, 0) is 12.8 Å². The number of hydrogen-bond acceptors (Lipinski definition) is 3. The highest BCUT2D eigenvalue weighted by Gasteiger charge is 1.83. The van der Waals surface area contributed by atoms with Crippen LogP contribution in [0, 0.1) is 4.91 Å². The first-order valence-electron chi connectivity index (χ1n) is 1.23. The van der Waals surface area contributed by atoms with Crippen LogP contribution >= 0.6 is 0 Å². The van der Waals surface area contributed by atoms with Crippen LogP contribution < -0.4 is 5.73 Å². The Labute approximate surface area is 40.9 Å². The number of hydrogen-bond donors (Lipinski definition) is 1. The molecule has 0 aromatic carbocycles. The topological polar surface area (TPSA) is 46.1 Å². The van der Waals surface area contributed by atoms with Crippen molar-refractivity contribution in [3.8, 4) is 0 Å². The van der Waals surface area contributed by atoms with Gasteiger partial charge in [-0.2, -0.15) is 0 Å². The van der Waals surface area contributed by atoms with E-state index >= 15 is 0 Å². The Morgan fingerprint density at radius 3 is 2.17 bits per heavy atom. The van der Waals surface area contributed by atoms with Gasteiger partial charge in [0.05, 0.1) is 0 Å². The van der Waals surface area contributed by atoms with E-state index in [-0.39, 0.29) is 9.99 Å². The number of rotatable bonds is 1. The van der Waals surface area contributed by atoms with E-state index in [0.717, 1.165) is 0 Å². The van der Waals surface area contributed by atoms with Crippen molar-refractivity contribution in [3.05, 3.63) is 17.3 Å². The summed E-state index contributed by atoms with van der Waals surface area (Å²) in [5.41, 5.74) is 4.75. The third-order valence-electron chi connectivity index (χ3n) is 0.235. The van der Waals surface area contributed by atoms with Crippen LogP contribution in [0.2, 0.25) is 0 Å². The van der Waals surface area contributed by atoms with Gasteiger partial charge < -0.3 is 12.8 Å². The second kappa shape index (κ2) is 1.71. The van der Waals surface area contributed by atoms with Crippen molar-refractivity contribution in [2.75, 3.05) is 0 Å². The summed E-state index contributed by atoms with van der Waals surface area (Å²) in [6.07, 6.45) is 0. The van der Waals surface area contributed by atoms with E-state index in [9.17, 15) is 4.91 Å². The Hall–Kier alpha value is -0.640. The highest BCUT2D eigenvalue weighted by molar-refractivity contribution is 7.51. The van der Waals surface area contributed by atoms with Crippen molar-refractivity contribution in [1.29, 1.82) is 0 Å². The SMILES string of the molecule is C=C(N)[N+](=O)[S-]. The lowest BCUT2D eigenvalue weighted by Crippen LogP contribution is -2.05. The molecule has 0 atom stereocenters. The second-order valence-corrected chi connectivity index (χ2v) is 1.08. The van der Waals surface area contributed by atoms with E-state index in [1.54, 1.807) is 0 Å². The van der Waals surface area contributed by atoms with Crippen molar-refractivity contribution in [3.63, 3.8) is 0 Å². The monoisotopic (exact) mass is 104 g/mol. The minimum absolute atomic E-state index is 0.0833. The molecule has 0 aromatic heterocycles. The maximum atomic E-state index is 9.65. The van der Waals surface area contributed by atoms with Gasteiger partial charge in [-0.1, -0.05) is 4.91 Å². The van der Waals surface area contributed by atoms with Crippen molar-refractivity contribution in [2.24, 2.45) is 5.73 Å². The van der Waals surface area contributed by atoms with E-state index in [2.05, 4.69) is 19.4 Å². The second-order valence-electron chi connectivity index (χ2n) is 0.748. The maximum absolute atomic E-state index is 9.65. The van der Waals surface area contributed by atoms with E-state index in [0.29, 0.717) is 0 Å². The molecule has 0 bridgehead atoms. The van der Waals surface area contributed by atoms with Gasteiger partial charge in [0.25, 0.3) is 5.82 Å². The molecule has 0 aromatic rings. The lowest BCUT2D eigenvalue weighted by Gasteiger charge is -1.90. The van der Waals surface area contributed by atoms with Crippen LogP contribution in [-0.4, -0.2) is 4.17 Å². The molecule has 6 heavy (non-hydrogen) atoms. The largest absolute Gasteiger partial charge is 0.503 e. The molecule has 0 amide bonds. The molecule has 0 rings (SSSR count). The zero-order valence-electron chi connectivity index (χ0n) is 3.05. The summed E-state index contributed by atoms with van der Waals surface area (Å²) in [6.45, 7) is 3.04. The lowest BCUT2D eigenvalue weighted by atomic mass is 10.9. The fourth-order valence-electron chi connectivity index (χ4n) is 0. The Morgan fingerprint density at radius 2 is 2.17 bits per heavy atom. The summed E-state index contributed by atoms with van der Waals surface area (Å²) in [5, 5.41) is 0. The molecule has 0 aliphatic carbocycles. The molecule has 4 heteroatoms. The zero-order chi connectivity index (χ0) is 5.15. The van der Waals surface area contributed by atoms with Gasteiger partial charge in [-0.25, -0.2) is 0 Å². The molecule has 2 N–H and O–H groups in total. The van der Waals surface area contributed by atoms with Gasteiger partial charge in [0, 0.05) is 0 Å². The molecule has 0 unspecified atom stereocenters. The fraction of sp³-hybridized carbons (Fsp3) is 0. The Bertz CT molecular complexity index is 77.5. The first-order valence-corrected chi connectivity index (χ1v) is 1.60. The molecule has 0 saturated heterocycles. The first-order chi connectivity index (χ1) is 2.64. The molecule has 0 aliphatic heterocycles. The van der Waals surface area contributed by atoms with E-state index in [1.807, 2.05) is 0 Å². The lowest BCUT2D eigenvalue weighted by molar-refractivity contribution is -0.308. The van der Waals surface area contributed by atoms with E-state index in [4.69, 9.17) is 5.73 Å². The van der Waals surface area contributed by atoms with Gasteiger partial charge in [-0.3, -0.25) is 5.73 Å². The third-order valence-corrected chi connectivity index (χ3v) is 0.469. The summed E-state index contributed by atoms with van der Waals surface area (Å²) in [6, 6.07) is 0. The normalized spacial score (nSPS) is 7.33. The number of nitroso groups, excluding NO2 is 1. The van der Waals surface area contributed by atoms with E-state index in [1.165, 1.54) is 0 Å².